The van der Waals surface area contributed by atoms with Crippen LogP contribution in [0.3, 0.4) is 0 Å². The van der Waals surface area contributed by atoms with E-state index in [0.717, 1.165) is 56.8 Å². The van der Waals surface area contributed by atoms with E-state index in [4.69, 9.17) is 32.7 Å². The number of benzene rings is 2. The van der Waals surface area contributed by atoms with Crippen molar-refractivity contribution < 1.29 is 23.8 Å². The fourth-order valence-electron chi connectivity index (χ4n) is 4.50. The summed E-state index contributed by atoms with van der Waals surface area (Å²) in [4.78, 5) is 29.9. The summed E-state index contributed by atoms with van der Waals surface area (Å²) in [6, 6.07) is 11.5. The first-order chi connectivity index (χ1) is 17.5. The molecule has 1 fully saturated rings. The van der Waals surface area contributed by atoms with Crippen molar-refractivity contribution in [3.05, 3.63) is 52.0 Å². The molecule has 4 rings (SSSR count). The van der Waals surface area contributed by atoms with Gasteiger partial charge in [-0.2, -0.15) is 0 Å². The Bertz CT molecular complexity index is 1080. The molecule has 0 bridgehead atoms. The summed E-state index contributed by atoms with van der Waals surface area (Å²) in [6.45, 7) is 5.21. The van der Waals surface area contributed by atoms with Gasteiger partial charge in [0.1, 0.15) is 5.75 Å². The summed E-state index contributed by atoms with van der Waals surface area (Å²) < 4.78 is 15.5. The smallest absolute Gasteiger partial charge is 0.494 e. The number of piperazine rings is 1. The number of nitrogens with zero attached hydrogens (tertiary/aromatic N) is 3. The predicted octanol–water partition coefficient (Wildman–Crippen LogP) is 4.99. The molecule has 2 aliphatic rings. The number of fused-ring (bicyclic) bond motifs is 1. The van der Waals surface area contributed by atoms with Crippen molar-refractivity contribution in [1.82, 2.24) is 4.90 Å². The first kappa shape index (κ1) is 26.4. The number of carbonyl (C=O) groups excluding carboxylic acids is 2. The van der Waals surface area contributed by atoms with Gasteiger partial charge in [0, 0.05) is 38.7 Å². The van der Waals surface area contributed by atoms with Gasteiger partial charge in [-0.1, -0.05) is 35.3 Å². The molecule has 8 nitrogen and oxygen atoms in total. The zero-order chi connectivity index (χ0) is 25.5. The Morgan fingerprint density at radius 1 is 1.00 bits per heavy atom. The van der Waals surface area contributed by atoms with Crippen LogP contribution in [0.25, 0.3) is 0 Å². The van der Waals surface area contributed by atoms with E-state index < -0.39 is 6.16 Å². The fraction of sp³-hybridized carbons (Fsp3) is 0.462. The largest absolute Gasteiger partial charge is 0.509 e. The van der Waals surface area contributed by atoms with Gasteiger partial charge in [0.25, 0.3) is 0 Å². The summed E-state index contributed by atoms with van der Waals surface area (Å²) in [5.74, 6) is 0.597. The van der Waals surface area contributed by atoms with E-state index in [2.05, 4.69) is 14.5 Å². The number of hydrogen-bond donors (Lipinski definition) is 0. The number of anilines is 2. The van der Waals surface area contributed by atoms with E-state index in [1.54, 1.807) is 0 Å². The minimum absolute atomic E-state index is 0.0960. The van der Waals surface area contributed by atoms with Gasteiger partial charge in [-0.15, -0.1) is 0 Å². The summed E-state index contributed by atoms with van der Waals surface area (Å²) in [5.41, 5.74) is 2.73. The number of amides is 1. The molecule has 0 atom stereocenters. The number of rotatable bonds is 9. The Kier molecular flexibility index (Phi) is 9.18. The molecule has 0 aromatic heterocycles. The lowest BCUT2D eigenvalue weighted by Crippen LogP contribution is -2.46. The molecule has 1 saturated heterocycles. The van der Waals surface area contributed by atoms with Gasteiger partial charge in [-0.3, -0.25) is 14.6 Å². The molecule has 194 valence electrons. The highest BCUT2D eigenvalue weighted by atomic mass is 35.5. The van der Waals surface area contributed by atoms with E-state index in [9.17, 15) is 9.59 Å². The van der Waals surface area contributed by atoms with E-state index in [-0.39, 0.29) is 12.6 Å². The van der Waals surface area contributed by atoms with Crippen molar-refractivity contribution in [2.45, 2.75) is 25.7 Å². The third-order valence-corrected chi connectivity index (χ3v) is 7.33. The van der Waals surface area contributed by atoms with Crippen molar-refractivity contribution in [2.24, 2.45) is 0 Å². The number of unbranched alkanes of at least 4 members (excludes halogenated alkanes) is 1. The quantitative estimate of drug-likeness (QED) is 0.330. The van der Waals surface area contributed by atoms with Crippen molar-refractivity contribution in [2.75, 3.05) is 63.0 Å². The molecule has 2 aromatic rings. The Morgan fingerprint density at radius 2 is 1.81 bits per heavy atom. The van der Waals surface area contributed by atoms with Crippen LogP contribution in [0.15, 0.2) is 36.4 Å². The van der Waals surface area contributed by atoms with Gasteiger partial charge >= 0.3 is 6.16 Å². The lowest BCUT2D eigenvalue weighted by molar-refractivity contribution is -0.119. The molecular weight excluding hydrogens is 505 g/mol. The van der Waals surface area contributed by atoms with Crippen molar-refractivity contribution in [1.29, 1.82) is 0 Å². The zero-order valence-corrected chi connectivity index (χ0v) is 21.9. The third-order valence-electron chi connectivity index (χ3n) is 6.52. The van der Waals surface area contributed by atoms with Crippen LogP contribution in [-0.4, -0.2) is 70.1 Å². The van der Waals surface area contributed by atoms with Crippen LogP contribution in [0.5, 0.6) is 5.75 Å². The Balaban J connectivity index is 1.20. The van der Waals surface area contributed by atoms with E-state index in [0.29, 0.717) is 40.9 Å². The first-order valence-electron chi connectivity index (χ1n) is 12.1. The zero-order valence-electron chi connectivity index (χ0n) is 20.4. The Morgan fingerprint density at radius 3 is 2.58 bits per heavy atom. The van der Waals surface area contributed by atoms with Gasteiger partial charge in [0.05, 0.1) is 35.1 Å². The second kappa shape index (κ2) is 12.5. The third kappa shape index (κ3) is 6.55. The molecule has 10 heteroatoms. The molecule has 0 unspecified atom stereocenters. The molecule has 36 heavy (non-hydrogen) atoms. The number of hydrogen-bond acceptors (Lipinski definition) is 7. The second-order valence-corrected chi connectivity index (χ2v) is 9.58. The molecule has 2 aliphatic heterocycles. The fourth-order valence-corrected chi connectivity index (χ4v) is 4.92. The molecule has 1 amide bonds. The van der Waals surface area contributed by atoms with Gasteiger partial charge in [-0.05, 0) is 49.6 Å². The number of aryl methyl sites for hydroxylation is 1. The average molecular weight is 536 g/mol. The minimum atomic E-state index is -0.822. The second-order valence-electron chi connectivity index (χ2n) is 8.80. The van der Waals surface area contributed by atoms with E-state index in [1.807, 2.05) is 36.4 Å². The van der Waals surface area contributed by atoms with Crippen molar-refractivity contribution in [3.8, 4) is 5.75 Å². The topological polar surface area (TPSA) is 71.5 Å². The van der Waals surface area contributed by atoms with Gasteiger partial charge in [0.2, 0.25) is 5.91 Å². The number of halogens is 2. The summed E-state index contributed by atoms with van der Waals surface area (Å²) in [6.07, 6.45) is 2.15. The van der Waals surface area contributed by atoms with Crippen molar-refractivity contribution >= 4 is 46.6 Å². The molecule has 0 spiro atoms. The SMILES string of the molecule is COC(=O)OCN1C(=O)CCc2ccc(OCCCCN3CCN(c4cccc(Cl)c4Cl)CC3)cc21. The Labute approximate surface area is 221 Å². The van der Waals surface area contributed by atoms with Gasteiger partial charge in [0.15, 0.2) is 6.73 Å². The number of ether oxygens (including phenoxy) is 3. The monoisotopic (exact) mass is 535 g/mol. The van der Waals surface area contributed by atoms with Gasteiger partial charge < -0.3 is 19.1 Å². The predicted molar refractivity (Wildman–Crippen MR) is 140 cm³/mol. The van der Waals surface area contributed by atoms with Crippen LogP contribution in [0, 0.1) is 0 Å². The maximum Gasteiger partial charge on any atom is 0.509 e. The molecule has 0 aliphatic carbocycles. The number of methoxy groups -OCH3 is 1. The van der Waals surface area contributed by atoms with Gasteiger partial charge in [-0.25, -0.2) is 4.79 Å². The van der Waals surface area contributed by atoms with Crippen LogP contribution in [0.4, 0.5) is 16.2 Å². The lowest BCUT2D eigenvalue weighted by Gasteiger charge is -2.36. The normalized spacial score (nSPS) is 16.0. The highest BCUT2D eigenvalue weighted by Gasteiger charge is 2.26. The molecular formula is C26H31Cl2N3O5. The molecule has 0 saturated carbocycles. The van der Waals surface area contributed by atoms with E-state index >= 15 is 0 Å². The summed E-state index contributed by atoms with van der Waals surface area (Å²) in [7, 11) is 1.23. The minimum Gasteiger partial charge on any atom is -0.494 e. The van der Waals surface area contributed by atoms with Crippen LogP contribution in [-0.2, 0) is 20.7 Å². The molecule has 0 N–H and O–H groups in total. The van der Waals surface area contributed by atoms with E-state index in [1.165, 1.54) is 12.0 Å². The number of carbonyl (C=O) groups is 2. The highest BCUT2D eigenvalue weighted by Crippen LogP contribution is 2.33. The maximum absolute atomic E-state index is 12.4. The van der Waals surface area contributed by atoms with Crippen LogP contribution in [0.2, 0.25) is 10.0 Å². The maximum atomic E-state index is 12.4. The standard InChI is InChI=1S/C26H31Cl2N3O5/c1-34-26(33)36-18-31-23-17-20(9-7-19(23)8-10-24(31)32)35-16-3-2-11-29-12-14-30(15-13-29)22-6-4-5-21(27)25(22)28/h4-7,9,17H,2-3,8,10-16,18H2,1H3. The first-order valence-corrected chi connectivity index (χ1v) is 12.9. The molecule has 0 radical (unpaired) electrons. The summed E-state index contributed by atoms with van der Waals surface area (Å²) >= 11 is 12.5. The van der Waals surface area contributed by atoms with Crippen molar-refractivity contribution in [3.63, 3.8) is 0 Å². The highest BCUT2D eigenvalue weighted by molar-refractivity contribution is 6.43. The lowest BCUT2D eigenvalue weighted by atomic mass is 10.0. The average Bonchev–Trinajstić information content (AvgIpc) is 2.89. The van der Waals surface area contributed by atoms with Crippen LogP contribution < -0.4 is 14.5 Å². The van der Waals surface area contributed by atoms with Crippen LogP contribution >= 0.6 is 23.2 Å². The van der Waals surface area contributed by atoms with Crippen LogP contribution in [0.1, 0.15) is 24.8 Å². The molecule has 2 heterocycles. The Hall–Kier alpha value is -2.68. The summed E-state index contributed by atoms with van der Waals surface area (Å²) in [5, 5.41) is 1.21. The molecule has 2 aromatic carbocycles.